The molecule has 0 unspecified atom stereocenters. The molecule has 14 heavy (non-hydrogen) atoms. The Morgan fingerprint density at radius 2 is 2.00 bits per heavy atom. The molecular weight excluding hydrogens is 184 g/mol. The molecule has 0 saturated heterocycles. The van der Waals surface area contributed by atoms with E-state index in [1.807, 2.05) is 5.48 Å². The maximum atomic E-state index is 9.72. The number of rotatable bonds is 0. The summed E-state index contributed by atoms with van der Waals surface area (Å²) in [6.07, 6.45) is 4.59. The first-order valence-electron chi connectivity index (χ1n) is 4.78. The molecule has 4 N–H and O–H groups in total. The third-order valence-corrected chi connectivity index (χ3v) is 2.91. The number of nitrogens with zero attached hydrogens (tertiary/aromatic N) is 2. The first kappa shape index (κ1) is 9.42. The largest absolute Gasteiger partial charge is 0.290 e. The van der Waals surface area contributed by atoms with Crippen LogP contribution in [-0.2, 0) is 0 Å². The minimum absolute atomic E-state index is 0.0504. The lowest BCUT2D eigenvalue weighted by molar-refractivity contribution is -0.110. The molecule has 0 amide bonds. The van der Waals surface area contributed by atoms with Gasteiger partial charge in [-0.05, 0) is 25.7 Å². The van der Waals surface area contributed by atoms with E-state index in [0.717, 1.165) is 37.2 Å². The van der Waals surface area contributed by atoms with E-state index in [4.69, 9.17) is 10.6 Å². The van der Waals surface area contributed by atoms with E-state index in [2.05, 4.69) is 4.99 Å². The lowest BCUT2D eigenvalue weighted by Gasteiger charge is -2.35. The predicted molar refractivity (Wildman–Crippen MR) is 49.5 cm³/mol. The van der Waals surface area contributed by atoms with Crippen LogP contribution in [0.15, 0.2) is 4.99 Å². The van der Waals surface area contributed by atoms with Crippen LogP contribution in [-0.4, -0.2) is 32.8 Å². The Bertz CT molecular complexity index is 283. The first-order valence-corrected chi connectivity index (χ1v) is 4.78. The summed E-state index contributed by atoms with van der Waals surface area (Å²) < 4.78 is 0. The molecule has 0 aromatic rings. The zero-order valence-corrected chi connectivity index (χ0v) is 7.82. The number of hydrogen-bond donors (Lipinski definition) is 4. The number of aliphatic imine (C=N–C) groups is 1. The number of amidine groups is 2. The van der Waals surface area contributed by atoms with Gasteiger partial charge in [-0.15, -0.1) is 0 Å². The van der Waals surface area contributed by atoms with Gasteiger partial charge in [0.25, 0.3) is 0 Å². The van der Waals surface area contributed by atoms with Gasteiger partial charge < -0.3 is 0 Å². The van der Waals surface area contributed by atoms with E-state index in [-0.39, 0.29) is 11.7 Å². The van der Waals surface area contributed by atoms with Gasteiger partial charge in [0.1, 0.15) is 0 Å². The van der Waals surface area contributed by atoms with Crippen molar-refractivity contribution in [2.24, 2.45) is 4.99 Å². The van der Waals surface area contributed by atoms with Gasteiger partial charge in [-0.25, -0.2) is 15.5 Å². The fourth-order valence-corrected chi connectivity index (χ4v) is 2.14. The molecule has 0 radical (unpaired) electrons. The van der Waals surface area contributed by atoms with Gasteiger partial charge in [0.2, 0.25) is 0 Å². The van der Waals surface area contributed by atoms with Gasteiger partial charge in [0.15, 0.2) is 17.3 Å². The molecule has 0 bridgehead atoms. The van der Waals surface area contributed by atoms with Crippen LogP contribution < -0.4 is 5.48 Å². The van der Waals surface area contributed by atoms with Crippen LogP contribution in [0.3, 0.4) is 0 Å². The first-order chi connectivity index (χ1) is 6.69. The van der Waals surface area contributed by atoms with E-state index in [9.17, 15) is 5.21 Å². The Morgan fingerprint density at radius 1 is 1.36 bits per heavy atom. The minimum Gasteiger partial charge on any atom is -0.290 e. The molecule has 0 aromatic carbocycles. The van der Waals surface area contributed by atoms with Crippen LogP contribution in [0.25, 0.3) is 0 Å². The molecule has 2 aliphatic rings. The van der Waals surface area contributed by atoms with E-state index >= 15 is 0 Å². The smallest absolute Gasteiger partial charge is 0.192 e. The Kier molecular flexibility index (Phi) is 2.16. The molecule has 1 aliphatic carbocycles. The zero-order chi connectivity index (χ0) is 10.2. The molecule has 78 valence electrons. The SMILES string of the molecule is N=C1C(NO)=NC2(CCCCC2)N1O. The van der Waals surface area contributed by atoms with E-state index in [0.29, 0.717) is 0 Å². The van der Waals surface area contributed by atoms with Crippen molar-refractivity contribution in [2.75, 3.05) is 0 Å². The van der Waals surface area contributed by atoms with Crippen molar-refractivity contribution in [1.29, 1.82) is 5.41 Å². The van der Waals surface area contributed by atoms with Crippen molar-refractivity contribution < 1.29 is 10.4 Å². The maximum absolute atomic E-state index is 9.72. The summed E-state index contributed by atoms with van der Waals surface area (Å²) in [6.45, 7) is 0. The summed E-state index contributed by atoms with van der Waals surface area (Å²) in [7, 11) is 0. The lowest BCUT2D eigenvalue weighted by atomic mass is 9.90. The van der Waals surface area contributed by atoms with Crippen molar-refractivity contribution >= 4 is 11.7 Å². The molecular formula is C8H14N4O2. The molecule has 1 saturated carbocycles. The van der Waals surface area contributed by atoms with Gasteiger partial charge in [-0.1, -0.05) is 6.42 Å². The highest BCUT2D eigenvalue weighted by molar-refractivity contribution is 6.40. The average Bonchev–Trinajstić information content (AvgIpc) is 2.45. The molecule has 1 heterocycles. The maximum Gasteiger partial charge on any atom is 0.192 e. The van der Waals surface area contributed by atoms with Gasteiger partial charge in [0, 0.05) is 0 Å². The minimum atomic E-state index is -0.694. The summed E-state index contributed by atoms with van der Waals surface area (Å²) in [5.74, 6) is -0.108. The second-order valence-corrected chi connectivity index (χ2v) is 3.78. The molecule has 0 aromatic heterocycles. The predicted octanol–water partition coefficient (Wildman–Crippen LogP) is 0.706. The van der Waals surface area contributed by atoms with Crippen molar-refractivity contribution in [3.63, 3.8) is 0 Å². The van der Waals surface area contributed by atoms with E-state index in [1.54, 1.807) is 0 Å². The highest BCUT2D eigenvalue weighted by Crippen LogP contribution is 2.37. The Morgan fingerprint density at radius 3 is 2.50 bits per heavy atom. The Labute approximate surface area is 81.7 Å². The van der Waals surface area contributed by atoms with E-state index < -0.39 is 5.66 Å². The average molecular weight is 198 g/mol. The second kappa shape index (κ2) is 3.21. The van der Waals surface area contributed by atoms with E-state index in [1.165, 1.54) is 0 Å². The Hall–Kier alpha value is -1.14. The number of hydroxylamine groups is 3. The third kappa shape index (κ3) is 1.18. The quantitative estimate of drug-likeness (QED) is 0.431. The topological polar surface area (TPSA) is 91.9 Å². The van der Waals surface area contributed by atoms with Crippen molar-refractivity contribution in [2.45, 2.75) is 37.8 Å². The van der Waals surface area contributed by atoms with Crippen LogP contribution in [0, 0.1) is 5.41 Å². The molecule has 1 spiro atoms. The monoisotopic (exact) mass is 198 g/mol. The van der Waals surface area contributed by atoms with Crippen LogP contribution in [0.1, 0.15) is 32.1 Å². The highest BCUT2D eigenvalue weighted by atomic mass is 16.5. The molecule has 6 heteroatoms. The summed E-state index contributed by atoms with van der Waals surface area (Å²) in [4.78, 5) is 4.17. The molecule has 2 rings (SSSR count). The normalized spacial score (nSPS) is 25.4. The van der Waals surface area contributed by atoms with Gasteiger partial charge >= 0.3 is 0 Å². The van der Waals surface area contributed by atoms with Gasteiger partial charge in [-0.3, -0.25) is 15.8 Å². The highest BCUT2D eigenvalue weighted by Gasteiger charge is 2.45. The third-order valence-electron chi connectivity index (χ3n) is 2.91. The van der Waals surface area contributed by atoms with Crippen LogP contribution in [0.2, 0.25) is 0 Å². The van der Waals surface area contributed by atoms with Gasteiger partial charge in [-0.2, -0.15) is 0 Å². The van der Waals surface area contributed by atoms with Crippen molar-refractivity contribution in [1.82, 2.24) is 10.5 Å². The fraction of sp³-hybridized carbons (Fsp3) is 0.750. The summed E-state index contributed by atoms with van der Waals surface area (Å²) in [5, 5.41) is 26.8. The summed E-state index contributed by atoms with van der Waals surface area (Å²) >= 11 is 0. The number of nitrogens with one attached hydrogen (secondary N) is 2. The fourth-order valence-electron chi connectivity index (χ4n) is 2.14. The number of hydrogen-bond acceptors (Lipinski definition) is 5. The molecule has 6 nitrogen and oxygen atoms in total. The van der Waals surface area contributed by atoms with Gasteiger partial charge in [0.05, 0.1) is 0 Å². The van der Waals surface area contributed by atoms with Crippen LogP contribution in [0.4, 0.5) is 0 Å². The summed E-state index contributed by atoms with van der Waals surface area (Å²) in [6, 6.07) is 0. The van der Waals surface area contributed by atoms with Crippen LogP contribution >= 0.6 is 0 Å². The molecule has 0 atom stereocenters. The van der Waals surface area contributed by atoms with Crippen molar-refractivity contribution in [3.05, 3.63) is 0 Å². The van der Waals surface area contributed by atoms with Crippen molar-refractivity contribution in [3.8, 4) is 0 Å². The molecule has 1 fully saturated rings. The summed E-state index contributed by atoms with van der Waals surface area (Å²) in [5.41, 5.74) is 1.15. The standard InChI is InChI=1S/C8H14N4O2/c9-6-7(11-13)10-8(12(6)14)4-2-1-3-5-8/h9,13-14H,1-5H2,(H,10,11). The van der Waals surface area contributed by atoms with Crippen LogP contribution in [0.5, 0.6) is 0 Å². The second-order valence-electron chi connectivity index (χ2n) is 3.78. The Balaban J connectivity index is 2.27. The zero-order valence-electron chi connectivity index (χ0n) is 7.82. The molecule has 1 aliphatic heterocycles. The lowest BCUT2D eigenvalue weighted by Crippen LogP contribution is -2.46.